The maximum Gasteiger partial charge on any atom is 0.276 e. The Hall–Kier alpha value is -4.51. The van der Waals surface area contributed by atoms with Crippen molar-refractivity contribution in [1.82, 2.24) is 16.2 Å². The van der Waals surface area contributed by atoms with Gasteiger partial charge in [0.2, 0.25) is 0 Å². The molecule has 11 heteroatoms. The number of carbonyl (C=O) groups excluding carboxylic acids is 2. The Morgan fingerprint density at radius 3 is 2.29 bits per heavy atom. The van der Waals surface area contributed by atoms with Crippen molar-refractivity contribution in [1.29, 1.82) is 0 Å². The van der Waals surface area contributed by atoms with Gasteiger partial charge in [-0.05, 0) is 42.0 Å². The molecule has 35 heavy (non-hydrogen) atoms. The highest BCUT2D eigenvalue weighted by Gasteiger charge is 2.14. The number of hydrazine groups is 1. The van der Waals surface area contributed by atoms with Crippen molar-refractivity contribution >= 4 is 34.8 Å². The molecule has 0 spiro atoms. The lowest BCUT2D eigenvalue weighted by atomic mass is 10.1. The van der Waals surface area contributed by atoms with E-state index in [1.165, 1.54) is 24.3 Å². The molecule has 3 rings (SSSR count). The minimum atomic E-state index is -0.579. The lowest BCUT2D eigenvalue weighted by Gasteiger charge is -2.14. The number of nitrogens with zero attached hydrogens (tertiary/aromatic N) is 1. The maximum atomic E-state index is 12.6. The van der Waals surface area contributed by atoms with E-state index in [1.54, 1.807) is 24.3 Å². The van der Waals surface area contributed by atoms with E-state index < -0.39 is 16.7 Å². The summed E-state index contributed by atoms with van der Waals surface area (Å²) >= 11 is 5.06. The summed E-state index contributed by atoms with van der Waals surface area (Å²) in [4.78, 5) is 34.7. The van der Waals surface area contributed by atoms with Gasteiger partial charge in [-0.3, -0.25) is 35.9 Å². The average Bonchev–Trinajstić information content (AvgIpc) is 2.87. The molecule has 180 valence electrons. The molecule has 3 N–H and O–H groups in total. The molecule has 0 aliphatic rings. The van der Waals surface area contributed by atoms with Crippen LogP contribution in [0, 0.1) is 10.1 Å². The van der Waals surface area contributed by atoms with E-state index in [4.69, 9.17) is 21.7 Å². The second-order valence-corrected chi connectivity index (χ2v) is 7.48. The number of ether oxygens (including phenoxy) is 2. The summed E-state index contributed by atoms with van der Waals surface area (Å²) < 4.78 is 11.0. The number of thiocarbonyl (C=S) groups is 1. The SMILES string of the molecule is O=C(COc1ccc([N+](=O)[O-])cc1)NNC(=S)NC(=O)c1ccccc1OCCc1ccccc1. The summed E-state index contributed by atoms with van der Waals surface area (Å²) in [7, 11) is 0. The number of benzene rings is 3. The number of non-ortho nitro benzene ring substituents is 1. The first-order valence-electron chi connectivity index (χ1n) is 10.5. The number of nitro benzene ring substituents is 1. The predicted molar refractivity (Wildman–Crippen MR) is 132 cm³/mol. The standard InChI is InChI=1S/C24H22N4O6S/c29-22(16-34-19-12-10-18(11-13-19)28(31)32)26-27-24(35)25-23(30)20-8-4-5-9-21(20)33-15-14-17-6-2-1-3-7-17/h1-13H,14-16H2,(H,26,29)(H2,25,27,30,35). The Labute approximate surface area is 206 Å². The van der Waals surface area contributed by atoms with Gasteiger partial charge in [0.05, 0.1) is 17.1 Å². The van der Waals surface area contributed by atoms with Gasteiger partial charge in [-0.15, -0.1) is 0 Å². The van der Waals surface area contributed by atoms with E-state index in [2.05, 4.69) is 16.2 Å². The predicted octanol–water partition coefficient (Wildman–Crippen LogP) is 2.93. The molecular formula is C24H22N4O6S. The molecule has 0 saturated carbocycles. The van der Waals surface area contributed by atoms with Crippen LogP contribution in [0.5, 0.6) is 11.5 Å². The Kier molecular flexibility index (Phi) is 9.08. The first-order chi connectivity index (χ1) is 16.9. The van der Waals surface area contributed by atoms with Crippen molar-refractivity contribution in [2.24, 2.45) is 0 Å². The summed E-state index contributed by atoms with van der Waals surface area (Å²) in [5, 5.41) is 13.0. The molecule has 0 atom stereocenters. The Morgan fingerprint density at radius 2 is 1.57 bits per heavy atom. The van der Waals surface area contributed by atoms with Crippen LogP contribution >= 0.6 is 12.2 Å². The van der Waals surface area contributed by atoms with Crippen molar-refractivity contribution in [3.05, 3.63) is 100 Å². The van der Waals surface area contributed by atoms with E-state index >= 15 is 0 Å². The highest BCUT2D eigenvalue weighted by molar-refractivity contribution is 7.80. The molecule has 0 unspecified atom stereocenters. The van der Waals surface area contributed by atoms with Crippen LogP contribution < -0.4 is 25.6 Å². The fourth-order valence-corrected chi connectivity index (χ4v) is 3.02. The molecular weight excluding hydrogens is 472 g/mol. The van der Waals surface area contributed by atoms with Gasteiger partial charge < -0.3 is 9.47 Å². The minimum absolute atomic E-state index is 0.0901. The highest BCUT2D eigenvalue weighted by atomic mass is 32.1. The zero-order chi connectivity index (χ0) is 25.0. The minimum Gasteiger partial charge on any atom is -0.492 e. The molecule has 0 aliphatic carbocycles. The summed E-state index contributed by atoms with van der Waals surface area (Å²) in [6, 6.07) is 21.9. The number of carbonyl (C=O) groups is 2. The van der Waals surface area contributed by atoms with Crippen LogP contribution in [-0.2, 0) is 11.2 Å². The summed E-state index contributed by atoms with van der Waals surface area (Å²) in [6.07, 6.45) is 0.685. The number of rotatable bonds is 9. The van der Waals surface area contributed by atoms with Crippen molar-refractivity contribution in [3.8, 4) is 11.5 Å². The van der Waals surface area contributed by atoms with Gasteiger partial charge in [0.15, 0.2) is 11.7 Å². The highest BCUT2D eigenvalue weighted by Crippen LogP contribution is 2.18. The fraction of sp³-hybridized carbons (Fsp3) is 0.125. The quantitative estimate of drug-likeness (QED) is 0.235. The largest absolute Gasteiger partial charge is 0.492 e. The van der Waals surface area contributed by atoms with Crippen molar-refractivity contribution in [3.63, 3.8) is 0 Å². The first kappa shape index (κ1) is 25.1. The van der Waals surface area contributed by atoms with Crippen LogP contribution in [0.3, 0.4) is 0 Å². The molecule has 0 fully saturated rings. The van der Waals surface area contributed by atoms with E-state index in [9.17, 15) is 19.7 Å². The van der Waals surface area contributed by atoms with Crippen LogP contribution in [0.15, 0.2) is 78.9 Å². The molecule has 0 aliphatic heterocycles. The maximum absolute atomic E-state index is 12.6. The van der Waals surface area contributed by atoms with Crippen LogP contribution in [0.4, 0.5) is 5.69 Å². The lowest BCUT2D eigenvalue weighted by Crippen LogP contribution is -2.49. The van der Waals surface area contributed by atoms with Crippen molar-refractivity contribution in [2.45, 2.75) is 6.42 Å². The molecule has 2 amide bonds. The number of para-hydroxylation sites is 1. The second kappa shape index (κ2) is 12.7. The van der Waals surface area contributed by atoms with E-state index in [1.807, 2.05) is 30.3 Å². The molecule has 3 aromatic carbocycles. The van der Waals surface area contributed by atoms with Crippen molar-refractivity contribution < 1.29 is 24.0 Å². The molecule has 0 radical (unpaired) electrons. The van der Waals surface area contributed by atoms with Gasteiger partial charge in [-0.25, -0.2) is 0 Å². The molecule has 0 heterocycles. The Morgan fingerprint density at radius 1 is 0.886 bits per heavy atom. The van der Waals surface area contributed by atoms with Crippen LogP contribution in [0.25, 0.3) is 0 Å². The number of nitrogens with one attached hydrogen (secondary N) is 3. The number of amides is 2. The Balaban J connectivity index is 1.43. The van der Waals surface area contributed by atoms with Crippen molar-refractivity contribution in [2.75, 3.05) is 13.2 Å². The molecule has 3 aromatic rings. The molecule has 0 saturated heterocycles. The third-order valence-corrected chi connectivity index (χ3v) is 4.79. The molecule has 10 nitrogen and oxygen atoms in total. The van der Waals surface area contributed by atoms with Gasteiger partial charge in [-0.2, -0.15) is 0 Å². The lowest BCUT2D eigenvalue weighted by molar-refractivity contribution is -0.384. The summed E-state index contributed by atoms with van der Waals surface area (Å²) in [5.41, 5.74) is 6.03. The monoisotopic (exact) mass is 494 g/mol. The van der Waals surface area contributed by atoms with Gasteiger partial charge in [0, 0.05) is 18.6 Å². The van der Waals surface area contributed by atoms with Gasteiger partial charge in [0.25, 0.3) is 17.5 Å². The average molecular weight is 495 g/mol. The number of hydrogen-bond donors (Lipinski definition) is 3. The fourth-order valence-electron chi connectivity index (χ4n) is 2.88. The molecule has 0 aromatic heterocycles. The van der Waals surface area contributed by atoms with E-state index in [0.29, 0.717) is 18.8 Å². The van der Waals surface area contributed by atoms with E-state index in [-0.39, 0.29) is 28.7 Å². The van der Waals surface area contributed by atoms with Gasteiger partial charge >= 0.3 is 0 Å². The zero-order valence-corrected chi connectivity index (χ0v) is 19.2. The summed E-state index contributed by atoms with van der Waals surface area (Å²) in [5.74, 6) is -0.395. The first-order valence-corrected chi connectivity index (χ1v) is 10.9. The van der Waals surface area contributed by atoms with Gasteiger partial charge in [-0.1, -0.05) is 42.5 Å². The smallest absolute Gasteiger partial charge is 0.276 e. The number of hydrogen-bond acceptors (Lipinski definition) is 7. The molecule has 0 bridgehead atoms. The number of nitro groups is 1. The van der Waals surface area contributed by atoms with Crippen LogP contribution in [-0.4, -0.2) is 35.1 Å². The topological polar surface area (TPSA) is 132 Å². The third kappa shape index (κ3) is 8.09. The van der Waals surface area contributed by atoms with Crippen LogP contribution in [0.2, 0.25) is 0 Å². The van der Waals surface area contributed by atoms with E-state index in [0.717, 1.165) is 5.56 Å². The normalized spacial score (nSPS) is 10.1. The third-order valence-electron chi connectivity index (χ3n) is 4.58. The summed E-state index contributed by atoms with van der Waals surface area (Å²) in [6.45, 7) is 0.0152. The second-order valence-electron chi connectivity index (χ2n) is 7.08. The Bertz CT molecular complexity index is 1190. The van der Waals surface area contributed by atoms with Crippen LogP contribution in [0.1, 0.15) is 15.9 Å². The zero-order valence-electron chi connectivity index (χ0n) is 18.4. The van der Waals surface area contributed by atoms with Gasteiger partial charge in [0.1, 0.15) is 11.5 Å².